The lowest BCUT2D eigenvalue weighted by Gasteiger charge is -2.31. The molecule has 2 amide bonds. The van der Waals surface area contributed by atoms with Crippen molar-refractivity contribution in [2.45, 2.75) is 45.2 Å². The maximum atomic E-state index is 13.0. The normalized spacial score (nSPS) is 13.7. The Kier molecular flexibility index (Phi) is 13.2. The number of benzene rings is 1. The first-order valence-corrected chi connectivity index (χ1v) is 10.8. The number of methoxy groups -OCH3 is 1. The quantitative estimate of drug-likeness (QED) is 0.284. The zero-order valence-corrected chi connectivity index (χ0v) is 19.1. The van der Waals surface area contributed by atoms with E-state index < -0.39 is 12.1 Å². The highest BCUT2D eigenvalue weighted by atomic mass is 16.5. The summed E-state index contributed by atoms with van der Waals surface area (Å²) in [4.78, 5) is 36.1. The minimum absolute atomic E-state index is 0.0994. The van der Waals surface area contributed by atoms with Crippen LogP contribution in [0.1, 0.15) is 32.3 Å². The van der Waals surface area contributed by atoms with Gasteiger partial charge in [0.05, 0.1) is 12.6 Å². The van der Waals surface area contributed by atoms with Gasteiger partial charge in [0.15, 0.2) is 0 Å². The van der Waals surface area contributed by atoms with Crippen LogP contribution < -0.4 is 15.4 Å². The van der Waals surface area contributed by atoms with Gasteiger partial charge in [-0.05, 0) is 30.4 Å². The predicted octanol–water partition coefficient (Wildman–Crippen LogP) is 1.42. The molecule has 0 spiro atoms. The van der Waals surface area contributed by atoms with Crippen LogP contribution in [-0.4, -0.2) is 76.0 Å². The Morgan fingerprint density at radius 1 is 1.23 bits per heavy atom. The van der Waals surface area contributed by atoms with Crippen LogP contribution in [0, 0.1) is 5.92 Å². The zero-order chi connectivity index (χ0) is 23.1. The van der Waals surface area contributed by atoms with E-state index in [2.05, 4.69) is 10.6 Å². The maximum Gasteiger partial charge on any atom is 0.240 e. The summed E-state index contributed by atoms with van der Waals surface area (Å²) < 4.78 is 11.0. The molecule has 1 aromatic rings. The summed E-state index contributed by atoms with van der Waals surface area (Å²) in [5, 5.41) is 5.96. The third-order valence-electron chi connectivity index (χ3n) is 5.37. The number of nitrogens with one attached hydrogen (secondary N) is 2. The highest BCUT2D eigenvalue weighted by Crippen LogP contribution is 2.19. The van der Waals surface area contributed by atoms with Crippen molar-refractivity contribution in [3.63, 3.8) is 0 Å². The molecule has 0 saturated carbocycles. The number of aldehydes is 1. The number of aryl methyl sites for hydroxylation is 1. The number of likely N-dealkylation sites (N-methyl/N-ethyl adjacent to an activating group) is 1. The lowest BCUT2D eigenvalue weighted by atomic mass is 9.97. The van der Waals surface area contributed by atoms with E-state index in [4.69, 9.17) is 9.47 Å². The summed E-state index contributed by atoms with van der Waals surface area (Å²) >= 11 is 0. The number of carbonyl (C=O) groups excluding carboxylic acids is 3. The number of hydrogen-bond donors (Lipinski definition) is 2. The van der Waals surface area contributed by atoms with Crippen LogP contribution in [0.15, 0.2) is 24.3 Å². The van der Waals surface area contributed by atoms with E-state index in [9.17, 15) is 14.4 Å². The van der Waals surface area contributed by atoms with Crippen LogP contribution in [0.4, 0.5) is 0 Å². The molecule has 0 fully saturated rings. The first-order valence-electron chi connectivity index (χ1n) is 10.8. The van der Waals surface area contributed by atoms with Gasteiger partial charge < -0.3 is 29.8 Å². The Bertz CT molecular complexity index is 670. The van der Waals surface area contributed by atoms with Crippen LogP contribution in [0.5, 0.6) is 5.75 Å². The van der Waals surface area contributed by atoms with Crippen LogP contribution in [0.3, 0.4) is 0 Å². The fraction of sp³-hybridized carbons (Fsp3) is 0.609. The molecular formula is C23H37N3O5. The van der Waals surface area contributed by atoms with Gasteiger partial charge in [-0.25, -0.2) is 0 Å². The van der Waals surface area contributed by atoms with Gasteiger partial charge in [0.1, 0.15) is 24.7 Å². The molecule has 1 rings (SSSR count). The van der Waals surface area contributed by atoms with E-state index in [0.717, 1.165) is 36.9 Å². The van der Waals surface area contributed by atoms with Crippen molar-refractivity contribution in [1.29, 1.82) is 0 Å². The molecule has 3 unspecified atom stereocenters. The molecule has 0 aromatic heterocycles. The Labute approximate surface area is 185 Å². The molecule has 1 aromatic carbocycles. The molecule has 0 radical (unpaired) electrons. The van der Waals surface area contributed by atoms with Gasteiger partial charge in [0, 0.05) is 27.2 Å². The number of ether oxygens (including phenoxy) is 2. The minimum atomic E-state index is -0.609. The fourth-order valence-corrected chi connectivity index (χ4v) is 3.23. The molecular weight excluding hydrogens is 398 g/mol. The van der Waals surface area contributed by atoms with E-state index in [1.165, 1.54) is 12.0 Å². The van der Waals surface area contributed by atoms with Crippen LogP contribution in [-0.2, 0) is 25.5 Å². The van der Waals surface area contributed by atoms with E-state index in [1.54, 1.807) is 7.05 Å². The number of hydrogen-bond acceptors (Lipinski definition) is 6. The monoisotopic (exact) mass is 435 g/mol. The molecule has 0 aliphatic rings. The van der Waals surface area contributed by atoms with Crippen molar-refractivity contribution < 1.29 is 23.9 Å². The van der Waals surface area contributed by atoms with Gasteiger partial charge in [-0.3, -0.25) is 9.59 Å². The molecule has 8 nitrogen and oxygen atoms in total. The van der Waals surface area contributed by atoms with Crippen LogP contribution in [0.25, 0.3) is 0 Å². The lowest BCUT2D eigenvalue weighted by molar-refractivity contribution is -0.139. The number of amides is 2. The Morgan fingerprint density at radius 3 is 2.61 bits per heavy atom. The van der Waals surface area contributed by atoms with Gasteiger partial charge in [-0.1, -0.05) is 38.5 Å². The first kappa shape index (κ1) is 26.6. The van der Waals surface area contributed by atoms with E-state index in [1.807, 2.05) is 38.1 Å². The lowest BCUT2D eigenvalue weighted by Crippen LogP contribution is -2.53. The van der Waals surface area contributed by atoms with Crippen molar-refractivity contribution in [1.82, 2.24) is 15.5 Å². The second-order valence-electron chi connectivity index (χ2n) is 7.56. The zero-order valence-electron chi connectivity index (χ0n) is 19.1. The van der Waals surface area contributed by atoms with Crippen molar-refractivity contribution >= 4 is 18.6 Å². The van der Waals surface area contributed by atoms with Crippen LogP contribution in [0.2, 0.25) is 0 Å². The number of para-hydroxylation sites is 1. The highest BCUT2D eigenvalue weighted by Gasteiger charge is 2.29. The largest absolute Gasteiger partial charge is 0.492 e. The molecule has 8 heteroatoms. The Morgan fingerprint density at radius 2 is 1.97 bits per heavy atom. The minimum Gasteiger partial charge on any atom is -0.492 e. The van der Waals surface area contributed by atoms with Crippen LogP contribution >= 0.6 is 0 Å². The molecule has 31 heavy (non-hydrogen) atoms. The molecule has 0 bridgehead atoms. The second kappa shape index (κ2) is 15.4. The SMILES string of the molecule is CCC(C)C(NCCOc1ccccc1CCCNC=O)C(=O)N(C)C(C=O)COC. The van der Waals surface area contributed by atoms with Crippen molar-refractivity contribution in [2.24, 2.45) is 5.92 Å². The highest BCUT2D eigenvalue weighted by molar-refractivity contribution is 5.84. The van der Waals surface area contributed by atoms with E-state index in [0.29, 0.717) is 26.1 Å². The molecule has 2 N–H and O–H groups in total. The standard InChI is InChI=1S/C23H37N3O5/c1-5-18(2)22(23(29)26(3)20(15-27)16-30-4)25-13-14-31-21-11-7-6-9-19(21)10-8-12-24-17-28/h6-7,9,11,15,17-18,20,22,25H,5,8,10,12-14,16H2,1-4H3,(H,24,28). The summed E-state index contributed by atoms with van der Waals surface area (Å²) in [5.74, 6) is 0.772. The van der Waals surface area contributed by atoms with Gasteiger partial charge in [0.2, 0.25) is 12.3 Å². The summed E-state index contributed by atoms with van der Waals surface area (Å²) in [6.45, 7) is 5.73. The Hall–Kier alpha value is -2.45. The molecule has 174 valence electrons. The van der Waals surface area contributed by atoms with Gasteiger partial charge >= 0.3 is 0 Å². The summed E-state index contributed by atoms with van der Waals surface area (Å²) in [7, 11) is 3.14. The van der Waals surface area contributed by atoms with Crippen molar-refractivity contribution in [2.75, 3.05) is 40.5 Å². The van der Waals surface area contributed by atoms with Crippen molar-refractivity contribution in [3.05, 3.63) is 29.8 Å². The third-order valence-corrected chi connectivity index (χ3v) is 5.37. The average Bonchev–Trinajstić information content (AvgIpc) is 2.79. The number of rotatable bonds is 17. The first-order chi connectivity index (χ1) is 15.0. The van der Waals surface area contributed by atoms with E-state index >= 15 is 0 Å². The molecule has 0 heterocycles. The fourth-order valence-electron chi connectivity index (χ4n) is 3.23. The molecule has 0 aliphatic heterocycles. The predicted molar refractivity (Wildman–Crippen MR) is 120 cm³/mol. The third kappa shape index (κ3) is 9.06. The van der Waals surface area contributed by atoms with Gasteiger partial charge in [-0.2, -0.15) is 0 Å². The second-order valence-corrected chi connectivity index (χ2v) is 7.56. The van der Waals surface area contributed by atoms with Gasteiger partial charge in [-0.15, -0.1) is 0 Å². The Balaban J connectivity index is 2.64. The summed E-state index contributed by atoms with van der Waals surface area (Å²) in [6, 6.07) is 6.80. The van der Waals surface area contributed by atoms with Crippen molar-refractivity contribution in [3.8, 4) is 5.75 Å². The maximum absolute atomic E-state index is 13.0. The summed E-state index contributed by atoms with van der Waals surface area (Å²) in [6.07, 6.45) is 3.89. The van der Waals surface area contributed by atoms with E-state index in [-0.39, 0.29) is 18.4 Å². The number of nitrogens with zero attached hydrogens (tertiary/aromatic N) is 1. The number of carbonyl (C=O) groups is 3. The molecule has 3 atom stereocenters. The smallest absolute Gasteiger partial charge is 0.240 e. The topological polar surface area (TPSA) is 97.0 Å². The molecule has 0 aliphatic carbocycles. The average molecular weight is 436 g/mol. The molecule has 0 saturated heterocycles. The van der Waals surface area contributed by atoms with Gasteiger partial charge in [0.25, 0.3) is 0 Å². The summed E-state index contributed by atoms with van der Waals surface area (Å²) in [5.41, 5.74) is 1.08.